The van der Waals surface area contributed by atoms with Gasteiger partial charge in [-0.15, -0.1) is 11.3 Å². The van der Waals surface area contributed by atoms with Crippen molar-refractivity contribution in [2.75, 3.05) is 0 Å². The molecule has 23 heavy (non-hydrogen) atoms. The molecule has 1 aliphatic rings. The average molecular weight is 347 g/mol. The van der Waals surface area contributed by atoms with Crippen LogP contribution in [0.4, 0.5) is 4.79 Å². The maximum absolute atomic E-state index is 12.9. The van der Waals surface area contributed by atoms with E-state index in [9.17, 15) is 9.59 Å². The van der Waals surface area contributed by atoms with Crippen LogP contribution < -0.4 is 10.6 Å². The lowest BCUT2D eigenvalue weighted by atomic mass is 9.93. The Morgan fingerprint density at radius 3 is 2.43 bits per heavy atom. The molecule has 0 bridgehead atoms. The van der Waals surface area contributed by atoms with E-state index in [1.807, 2.05) is 19.1 Å². The summed E-state index contributed by atoms with van der Waals surface area (Å²) >= 11 is 7.45. The first-order chi connectivity index (χ1) is 11.0. The number of nitrogens with one attached hydrogen (secondary N) is 2. The molecule has 1 aromatic heterocycles. The molecule has 6 heteroatoms. The van der Waals surface area contributed by atoms with Crippen molar-refractivity contribution in [1.29, 1.82) is 0 Å². The number of thiophene rings is 1. The quantitative estimate of drug-likeness (QED) is 0.817. The highest BCUT2D eigenvalue weighted by Gasteiger charge is 2.32. The Kier molecular flexibility index (Phi) is 4.24. The van der Waals surface area contributed by atoms with Crippen LogP contribution >= 0.6 is 22.9 Å². The topological polar surface area (TPSA) is 58.2 Å². The molecule has 2 heterocycles. The lowest BCUT2D eigenvalue weighted by molar-refractivity contribution is 0.102. The van der Waals surface area contributed by atoms with Gasteiger partial charge in [0.15, 0.2) is 5.78 Å². The highest BCUT2D eigenvalue weighted by Crippen LogP contribution is 2.33. The van der Waals surface area contributed by atoms with Gasteiger partial charge in [-0.25, -0.2) is 4.79 Å². The molecule has 3 rings (SSSR count). The van der Waals surface area contributed by atoms with E-state index in [0.717, 1.165) is 9.75 Å². The maximum Gasteiger partial charge on any atom is 0.319 e. The van der Waals surface area contributed by atoms with Crippen LogP contribution in [0.1, 0.15) is 33.1 Å². The number of Topliss-reactive ketones (excluding diaryl/α,β-unsaturated/α-hetero) is 1. The highest BCUT2D eigenvalue weighted by molar-refractivity contribution is 7.12. The number of benzene rings is 1. The summed E-state index contributed by atoms with van der Waals surface area (Å²) in [7, 11) is 0. The first-order valence-corrected chi connectivity index (χ1v) is 8.30. The number of halogens is 1. The molecule has 0 unspecified atom stereocenters. The molecule has 0 fully saturated rings. The second kappa shape index (κ2) is 6.18. The fourth-order valence-electron chi connectivity index (χ4n) is 2.57. The van der Waals surface area contributed by atoms with Crippen LogP contribution in [-0.2, 0) is 0 Å². The first-order valence-electron chi connectivity index (χ1n) is 7.10. The molecule has 2 N–H and O–H groups in total. The fraction of sp³-hybridized carbons (Fsp3) is 0.176. The largest absolute Gasteiger partial charge is 0.326 e. The van der Waals surface area contributed by atoms with Crippen LogP contribution in [0.25, 0.3) is 0 Å². The van der Waals surface area contributed by atoms with E-state index >= 15 is 0 Å². The zero-order valence-electron chi connectivity index (χ0n) is 12.6. The third-order valence-electron chi connectivity index (χ3n) is 3.67. The average Bonchev–Trinajstić information content (AvgIpc) is 2.93. The van der Waals surface area contributed by atoms with Crippen molar-refractivity contribution in [1.82, 2.24) is 10.6 Å². The summed E-state index contributed by atoms with van der Waals surface area (Å²) in [5.74, 6) is -0.122. The summed E-state index contributed by atoms with van der Waals surface area (Å²) in [5.41, 5.74) is 1.67. The molecule has 1 atom stereocenters. The second-order valence-corrected chi connectivity index (χ2v) is 7.11. The number of hydrogen-bond donors (Lipinski definition) is 2. The Labute approximate surface area is 143 Å². The number of urea groups is 1. The molecule has 2 aromatic rings. The Morgan fingerprint density at radius 2 is 1.83 bits per heavy atom. The number of rotatable bonds is 3. The van der Waals surface area contributed by atoms with Crippen LogP contribution in [0.2, 0.25) is 5.02 Å². The molecule has 0 aliphatic carbocycles. The van der Waals surface area contributed by atoms with Crippen molar-refractivity contribution < 1.29 is 9.59 Å². The predicted octanol–water partition coefficient (Wildman–Crippen LogP) is 4.22. The van der Waals surface area contributed by atoms with E-state index in [4.69, 9.17) is 11.6 Å². The van der Waals surface area contributed by atoms with Gasteiger partial charge in [-0.05, 0) is 50.2 Å². The van der Waals surface area contributed by atoms with Crippen molar-refractivity contribution in [3.63, 3.8) is 0 Å². The van der Waals surface area contributed by atoms with Gasteiger partial charge in [-0.1, -0.05) is 11.6 Å². The van der Waals surface area contributed by atoms with Crippen LogP contribution in [0.15, 0.2) is 47.7 Å². The molecule has 0 radical (unpaired) electrons. The molecule has 1 aromatic carbocycles. The minimum Gasteiger partial charge on any atom is -0.326 e. The smallest absolute Gasteiger partial charge is 0.319 e. The Bertz CT molecular complexity index is 808. The molecular formula is C17H15ClN2O2S. The van der Waals surface area contributed by atoms with Gasteiger partial charge in [0.05, 0.1) is 6.04 Å². The van der Waals surface area contributed by atoms with Gasteiger partial charge in [0.2, 0.25) is 0 Å². The van der Waals surface area contributed by atoms with Crippen LogP contribution in [0, 0.1) is 6.92 Å². The van der Waals surface area contributed by atoms with Crippen molar-refractivity contribution in [2.24, 2.45) is 0 Å². The number of carbonyl (C=O) groups is 2. The van der Waals surface area contributed by atoms with Gasteiger partial charge in [0, 0.05) is 31.6 Å². The van der Waals surface area contributed by atoms with Crippen molar-refractivity contribution in [2.45, 2.75) is 19.9 Å². The van der Waals surface area contributed by atoms with Crippen molar-refractivity contribution >= 4 is 34.8 Å². The lowest BCUT2D eigenvalue weighted by Gasteiger charge is -2.27. The summed E-state index contributed by atoms with van der Waals surface area (Å²) < 4.78 is 0. The monoisotopic (exact) mass is 346 g/mol. The number of ketones is 1. The third-order valence-corrected chi connectivity index (χ3v) is 4.98. The molecular weight excluding hydrogens is 332 g/mol. The minimum absolute atomic E-state index is 0.122. The van der Waals surface area contributed by atoms with E-state index in [1.54, 1.807) is 42.5 Å². The normalized spacial score (nSPS) is 17.7. The fourth-order valence-corrected chi connectivity index (χ4v) is 3.64. The number of aryl methyl sites for hydroxylation is 1. The first kappa shape index (κ1) is 15.8. The van der Waals surface area contributed by atoms with E-state index in [2.05, 4.69) is 10.6 Å². The van der Waals surface area contributed by atoms with Gasteiger partial charge in [-0.2, -0.15) is 0 Å². The molecule has 118 valence electrons. The number of allylic oxidation sites excluding steroid dienone is 1. The van der Waals surface area contributed by atoms with E-state index < -0.39 is 6.04 Å². The van der Waals surface area contributed by atoms with E-state index in [0.29, 0.717) is 21.9 Å². The summed E-state index contributed by atoms with van der Waals surface area (Å²) in [6.45, 7) is 3.74. The van der Waals surface area contributed by atoms with Gasteiger partial charge < -0.3 is 10.6 Å². The summed E-state index contributed by atoms with van der Waals surface area (Å²) in [6.07, 6.45) is 0. The maximum atomic E-state index is 12.9. The highest BCUT2D eigenvalue weighted by atomic mass is 35.5. The number of carbonyl (C=O) groups excluding carboxylic acids is 2. The molecule has 2 amide bonds. The standard InChI is InChI=1S/C17H15ClN2O2S/c1-9-3-8-13(23-9)15-14(10(2)19-17(22)20-15)16(21)11-4-6-12(18)7-5-11/h3-8,15H,1-2H3,(H2,19,20,22)/t15-/m0/s1. The van der Waals surface area contributed by atoms with Gasteiger partial charge in [-0.3, -0.25) is 4.79 Å². The van der Waals surface area contributed by atoms with Gasteiger partial charge in [0.1, 0.15) is 0 Å². The Balaban J connectivity index is 2.04. The Hall–Kier alpha value is -2.11. The zero-order valence-corrected chi connectivity index (χ0v) is 14.2. The van der Waals surface area contributed by atoms with E-state index in [1.165, 1.54) is 0 Å². The molecule has 4 nitrogen and oxygen atoms in total. The van der Waals surface area contributed by atoms with Crippen molar-refractivity contribution in [3.05, 3.63) is 68.0 Å². The molecule has 0 spiro atoms. The van der Waals surface area contributed by atoms with E-state index in [-0.39, 0.29) is 11.8 Å². The lowest BCUT2D eigenvalue weighted by Crippen LogP contribution is -2.44. The van der Waals surface area contributed by atoms with Gasteiger partial charge >= 0.3 is 6.03 Å². The predicted molar refractivity (Wildman–Crippen MR) is 91.9 cm³/mol. The molecule has 0 saturated heterocycles. The van der Waals surface area contributed by atoms with Crippen LogP contribution in [0.5, 0.6) is 0 Å². The summed E-state index contributed by atoms with van der Waals surface area (Å²) in [6, 6.07) is 9.94. The molecule has 1 aliphatic heterocycles. The van der Waals surface area contributed by atoms with Gasteiger partial charge in [0.25, 0.3) is 0 Å². The third kappa shape index (κ3) is 3.16. The molecule has 0 saturated carbocycles. The van der Waals surface area contributed by atoms with Crippen LogP contribution in [-0.4, -0.2) is 11.8 Å². The number of amides is 2. The summed E-state index contributed by atoms with van der Waals surface area (Å²) in [4.78, 5) is 26.8. The van der Waals surface area contributed by atoms with Crippen LogP contribution in [0.3, 0.4) is 0 Å². The van der Waals surface area contributed by atoms with Crippen molar-refractivity contribution in [3.8, 4) is 0 Å². The SMILES string of the molecule is CC1=C(C(=O)c2ccc(Cl)cc2)[C@H](c2ccc(C)s2)NC(=O)N1. The number of hydrogen-bond acceptors (Lipinski definition) is 3. The zero-order chi connectivity index (χ0) is 16.6. The minimum atomic E-state index is -0.439. The second-order valence-electron chi connectivity index (χ2n) is 5.35. The Morgan fingerprint density at radius 1 is 1.13 bits per heavy atom. The summed E-state index contributed by atoms with van der Waals surface area (Å²) in [5, 5.41) is 6.11.